The monoisotopic (exact) mass is 705 g/mol. The van der Waals surface area contributed by atoms with Gasteiger partial charge in [0, 0.05) is 29.1 Å². The maximum atomic E-state index is 15.6. The Morgan fingerprint density at radius 3 is 1.96 bits per heavy atom. The topological polar surface area (TPSA) is 22.1 Å². The number of alkyl halides is 5. The van der Waals surface area contributed by atoms with Crippen LogP contribution in [0.15, 0.2) is 72.9 Å². The van der Waals surface area contributed by atoms with Crippen molar-refractivity contribution in [3.63, 3.8) is 0 Å². The van der Waals surface area contributed by atoms with Gasteiger partial charge in [-0.05, 0) is 71.3 Å². The first-order valence-electron chi connectivity index (χ1n) is 14.1. The maximum Gasteiger partial charge on any atom is 0.458 e. The second-order valence-corrected chi connectivity index (χ2v) is 10.9. The molecule has 5 aromatic carbocycles. The van der Waals surface area contributed by atoms with Crippen LogP contribution in [0.2, 0.25) is 0 Å². The van der Waals surface area contributed by atoms with Crippen LogP contribution in [-0.2, 0) is 6.11 Å². The number of aryl methyl sites for hydroxylation is 1. The number of nitrogens with zero attached hydrogens (tertiary/aromatic N) is 1. The van der Waals surface area contributed by atoms with Crippen molar-refractivity contribution >= 4 is 21.5 Å². The van der Waals surface area contributed by atoms with E-state index >= 15 is 26.3 Å². The Morgan fingerprint density at radius 2 is 1.32 bits per heavy atom. The van der Waals surface area contributed by atoms with Gasteiger partial charge in [0.25, 0.3) is 0 Å². The summed E-state index contributed by atoms with van der Waals surface area (Å²) in [5, 5.41) is -2.06. The molecule has 0 bridgehead atoms. The summed E-state index contributed by atoms with van der Waals surface area (Å²) in [6.07, 6.45) is -8.52. The molecule has 50 heavy (non-hydrogen) atoms. The van der Waals surface area contributed by atoms with Gasteiger partial charge in [0.15, 0.2) is 5.82 Å². The number of benzene rings is 5. The van der Waals surface area contributed by atoms with Gasteiger partial charge in [0.05, 0.1) is 22.2 Å². The van der Waals surface area contributed by atoms with Gasteiger partial charge in [0.1, 0.15) is 46.2 Å². The number of hydrogen-bond donors (Lipinski definition) is 0. The zero-order valence-corrected chi connectivity index (χ0v) is 24.8. The van der Waals surface area contributed by atoms with E-state index in [1.807, 2.05) is 6.92 Å². The highest BCUT2D eigenvalue weighted by molar-refractivity contribution is 5.92. The number of aromatic nitrogens is 1. The van der Waals surface area contributed by atoms with Crippen molar-refractivity contribution in [3.05, 3.63) is 130 Å². The molecule has 0 aliphatic carbocycles. The van der Waals surface area contributed by atoms with Crippen molar-refractivity contribution in [2.75, 3.05) is 0 Å². The quantitative estimate of drug-likeness (QED) is 0.132. The number of hydrogen-bond acceptors (Lipinski definition) is 2. The van der Waals surface area contributed by atoms with Crippen LogP contribution in [0.3, 0.4) is 0 Å². The predicted molar refractivity (Wildman–Crippen MR) is 158 cm³/mol. The van der Waals surface area contributed by atoms with Crippen molar-refractivity contribution in [1.29, 1.82) is 0 Å². The zero-order valence-electron chi connectivity index (χ0n) is 24.8. The lowest BCUT2D eigenvalue weighted by Crippen LogP contribution is -2.25. The molecule has 1 heterocycles. The maximum absolute atomic E-state index is 15.6. The van der Waals surface area contributed by atoms with Crippen LogP contribution in [0, 0.1) is 59.5 Å². The van der Waals surface area contributed by atoms with E-state index in [9.17, 15) is 26.3 Å². The van der Waals surface area contributed by atoms with Gasteiger partial charge in [-0.1, -0.05) is 24.1 Å². The summed E-state index contributed by atoms with van der Waals surface area (Å²) in [4.78, 5) is 4.25. The molecule has 0 radical (unpaired) electrons. The van der Waals surface area contributed by atoms with E-state index in [-0.39, 0.29) is 35.0 Å². The minimum Gasteiger partial charge on any atom is -0.429 e. The molecule has 0 amide bonds. The molecule has 0 aliphatic heterocycles. The number of pyridine rings is 1. The van der Waals surface area contributed by atoms with Crippen LogP contribution in [0.5, 0.6) is 5.75 Å². The third-order valence-corrected chi connectivity index (χ3v) is 7.49. The van der Waals surface area contributed by atoms with Crippen molar-refractivity contribution in [1.82, 2.24) is 4.98 Å². The minimum absolute atomic E-state index is 0.0639. The van der Waals surface area contributed by atoms with E-state index in [0.29, 0.717) is 23.2 Å². The number of ether oxygens (including phenoxy) is 1. The van der Waals surface area contributed by atoms with Crippen molar-refractivity contribution in [2.24, 2.45) is 0 Å². The molecular formula is C36H15F12NO. The summed E-state index contributed by atoms with van der Waals surface area (Å²) in [6, 6.07) is 9.84. The summed E-state index contributed by atoms with van der Waals surface area (Å²) < 4.78 is 177. The van der Waals surface area contributed by atoms with Crippen molar-refractivity contribution in [3.8, 4) is 40.0 Å². The molecule has 0 N–H and O–H groups in total. The van der Waals surface area contributed by atoms with Crippen LogP contribution in [0.1, 0.15) is 16.7 Å². The molecule has 0 spiro atoms. The van der Waals surface area contributed by atoms with Crippen LogP contribution in [0.25, 0.3) is 43.9 Å². The lowest BCUT2D eigenvalue weighted by atomic mass is 9.96. The highest BCUT2D eigenvalue weighted by Crippen LogP contribution is 2.41. The Balaban J connectivity index is 1.35. The Labute approximate surface area is 273 Å². The predicted octanol–water partition coefficient (Wildman–Crippen LogP) is 11.0. The summed E-state index contributed by atoms with van der Waals surface area (Å²) in [5.41, 5.74) is -3.37. The molecule has 6 rings (SSSR count). The van der Waals surface area contributed by atoms with E-state index in [0.717, 1.165) is 11.6 Å². The summed E-state index contributed by atoms with van der Waals surface area (Å²) in [7, 11) is 0. The second-order valence-electron chi connectivity index (χ2n) is 10.9. The first-order valence-corrected chi connectivity index (χ1v) is 14.1. The molecular weight excluding hydrogens is 690 g/mol. The fourth-order valence-electron chi connectivity index (χ4n) is 5.28. The van der Waals surface area contributed by atoms with Crippen LogP contribution in [0.4, 0.5) is 52.7 Å². The molecule has 0 saturated heterocycles. The molecule has 254 valence electrons. The second kappa shape index (κ2) is 12.3. The molecule has 0 saturated carbocycles. The SMILES string of the molecule is Cc1ccc(-c2ccc3c(F)c(-c4cc(F)c(C(F)(F)Oc5cc(F)c6c(F)c(C#CC(F)(F)F)c(F)cc6c5)c(F)c4)c(F)cc3c2)nc1. The van der Waals surface area contributed by atoms with Crippen LogP contribution < -0.4 is 4.74 Å². The highest BCUT2D eigenvalue weighted by Gasteiger charge is 2.42. The lowest BCUT2D eigenvalue weighted by Gasteiger charge is -2.21. The molecule has 2 nitrogen and oxygen atoms in total. The summed E-state index contributed by atoms with van der Waals surface area (Å²) in [5.74, 6) is -11.3. The molecule has 14 heteroatoms. The highest BCUT2D eigenvalue weighted by atomic mass is 19.4. The average Bonchev–Trinajstić information content (AvgIpc) is 2.99. The first kappa shape index (κ1) is 34.2. The third kappa shape index (κ3) is 6.38. The average molecular weight is 705 g/mol. The Bertz CT molecular complexity index is 2390. The fourth-order valence-corrected chi connectivity index (χ4v) is 5.28. The van der Waals surface area contributed by atoms with Gasteiger partial charge < -0.3 is 4.74 Å². The minimum atomic E-state index is -5.15. The van der Waals surface area contributed by atoms with Gasteiger partial charge in [-0.3, -0.25) is 4.98 Å². The van der Waals surface area contributed by atoms with Crippen molar-refractivity contribution in [2.45, 2.75) is 19.2 Å². The summed E-state index contributed by atoms with van der Waals surface area (Å²) >= 11 is 0. The molecule has 6 aromatic rings. The van der Waals surface area contributed by atoms with E-state index in [1.165, 1.54) is 24.1 Å². The van der Waals surface area contributed by atoms with Gasteiger partial charge >= 0.3 is 12.3 Å². The van der Waals surface area contributed by atoms with E-state index < -0.39 is 91.8 Å². The number of halogens is 12. The Kier molecular flexibility index (Phi) is 8.41. The largest absolute Gasteiger partial charge is 0.458 e. The standard InChI is InChI=1S/C36H15F12NO/c1-16-2-5-29(49-15-16)17-3-4-22-18(8-17)10-25(38)31(33(22)42)20-12-27(40)32(28(41)13-20)36(47,48)50-21-9-19-11-24(37)23(6-7-35(44,45)46)34(43)30(19)26(39)14-21/h2-5,8-15H,1H3. The van der Waals surface area contributed by atoms with E-state index in [2.05, 4.69) is 9.72 Å². The molecule has 0 unspecified atom stereocenters. The van der Waals surface area contributed by atoms with Gasteiger partial charge in [-0.15, -0.1) is 0 Å². The van der Waals surface area contributed by atoms with Crippen LogP contribution >= 0.6 is 0 Å². The van der Waals surface area contributed by atoms with E-state index in [4.69, 9.17) is 0 Å². The van der Waals surface area contributed by atoms with Crippen LogP contribution in [-0.4, -0.2) is 11.2 Å². The third-order valence-electron chi connectivity index (χ3n) is 7.49. The normalized spacial score (nSPS) is 11.9. The molecule has 0 atom stereocenters. The van der Waals surface area contributed by atoms with Crippen molar-refractivity contribution < 1.29 is 57.4 Å². The zero-order chi connectivity index (χ0) is 36.3. The Hall–Kier alpha value is -5.71. The number of fused-ring (bicyclic) bond motifs is 2. The van der Waals surface area contributed by atoms with Gasteiger partial charge in [0.2, 0.25) is 0 Å². The molecule has 0 aliphatic rings. The van der Waals surface area contributed by atoms with Gasteiger partial charge in [-0.2, -0.15) is 22.0 Å². The molecule has 1 aromatic heterocycles. The van der Waals surface area contributed by atoms with E-state index in [1.54, 1.807) is 18.3 Å². The number of rotatable bonds is 5. The smallest absolute Gasteiger partial charge is 0.429 e. The Morgan fingerprint density at radius 1 is 0.640 bits per heavy atom. The van der Waals surface area contributed by atoms with Gasteiger partial charge in [-0.25, -0.2) is 30.7 Å². The summed E-state index contributed by atoms with van der Waals surface area (Å²) in [6.45, 7) is 1.82. The first-order chi connectivity index (χ1) is 23.4. The molecule has 0 fully saturated rings. The fraction of sp³-hybridized carbons (Fsp3) is 0.0833. The lowest BCUT2D eigenvalue weighted by molar-refractivity contribution is -0.189.